The summed E-state index contributed by atoms with van der Waals surface area (Å²) in [4.78, 5) is 9.37. The van der Waals surface area contributed by atoms with E-state index in [0.717, 1.165) is 55.3 Å². The van der Waals surface area contributed by atoms with Crippen LogP contribution in [0.2, 0.25) is 0 Å². The van der Waals surface area contributed by atoms with Crippen molar-refractivity contribution in [3.05, 3.63) is 103 Å². The van der Waals surface area contributed by atoms with E-state index in [2.05, 4.69) is 70.2 Å². The van der Waals surface area contributed by atoms with Gasteiger partial charge in [-0.15, -0.1) is 0 Å². The minimum absolute atomic E-state index is 0.752. The van der Waals surface area contributed by atoms with Crippen LogP contribution >= 0.6 is 0 Å². The van der Waals surface area contributed by atoms with Crippen LogP contribution in [0.1, 0.15) is 25.7 Å². The molecule has 0 spiro atoms. The Kier molecular flexibility index (Phi) is 6.28. The number of rotatable bonds is 9. The minimum atomic E-state index is 0.752. The van der Waals surface area contributed by atoms with Crippen molar-refractivity contribution in [1.82, 2.24) is 24.3 Å². The van der Waals surface area contributed by atoms with Gasteiger partial charge in [0.25, 0.3) is 0 Å². The van der Waals surface area contributed by atoms with Gasteiger partial charge in [-0.2, -0.15) is 5.10 Å². The number of nitrogens with zero attached hydrogens (tertiary/aromatic N) is 5. The van der Waals surface area contributed by atoms with E-state index in [-0.39, 0.29) is 0 Å². The number of hydrogen-bond acceptors (Lipinski definition) is 3. The number of benzene rings is 3. The molecule has 6 aromatic rings. The lowest BCUT2D eigenvalue weighted by molar-refractivity contribution is 0.524. The molecule has 0 radical (unpaired) electrons. The molecule has 3 heterocycles. The van der Waals surface area contributed by atoms with Gasteiger partial charge in [0, 0.05) is 46.7 Å². The summed E-state index contributed by atoms with van der Waals surface area (Å²) < 4.78 is 4.50. The molecular weight excluding hydrogens is 442 g/mol. The number of aryl methyl sites for hydroxylation is 2. The van der Waals surface area contributed by atoms with Gasteiger partial charge in [-0.3, -0.25) is 4.98 Å². The predicted molar refractivity (Wildman–Crippen MR) is 147 cm³/mol. The molecule has 3 aromatic carbocycles. The summed E-state index contributed by atoms with van der Waals surface area (Å²) in [5.41, 5.74) is 4.54. The van der Waals surface area contributed by atoms with Crippen LogP contribution in [0, 0.1) is 0 Å². The fourth-order valence-corrected chi connectivity index (χ4v) is 5.02. The second-order valence-electron chi connectivity index (χ2n) is 9.16. The molecule has 36 heavy (non-hydrogen) atoms. The average Bonchev–Trinajstić information content (AvgIpc) is 3.51. The summed E-state index contributed by atoms with van der Waals surface area (Å²) >= 11 is 0. The Labute approximate surface area is 211 Å². The number of fused-ring (bicyclic) bond motifs is 3. The van der Waals surface area contributed by atoms with Gasteiger partial charge in [-0.05, 0) is 37.1 Å². The lowest BCUT2D eigenvalue weighted by atomic mass is 10.2. The van der Waals surface area contributed by atoms with Gasteiger partial charge < -0.3 is 4.57 Å². The third-order valence-electron chi connectivity index (χ3n) is 6.78. The molecule has 0 saturated carbocycles. The number of para-hydroxylation sites is 2. The molecule has 5 nitrogen and oxygen atoms in total. The predicted octanol–water partition coefficient (Wildman–Crippen LogP) is 7.38. The standard InChI is InChI=1S/C31H29N5/c1(12-22-35-28-19-8-6-16-25(28)26-17-7-9-20-29(26)35)2-13-23-36-31(27-18-10-11-21-32-27)33-30(34-36)24-14-4-3-5-15-24/h3-11,14-21H,1-2,12-13,22-23H2. The largest absolute Gasteiger partial charge is 0.340 e. The molecule has 6 rings (SSSR count). The first kappa shape index (κ1) is 22.2. The first-order valence-corrected chi connectivity index (χ1v) is 12.8. The Morgan fingerprint density at radius 1 is 0.583 bits per heavy atom. The van der Waals surface area contributed by atoms with Crippen LogP contribution < -0.4 is 0 Å². The van der Waals surface area contributed by atoms with Gasteiger partial charge in [0.15, 0.2) is 11.6 Å². The van der Waals surface area contributed by atoms with Crippen LogP contribution in [0.4, 0.5) is 0 Å². The van der Waals surface area contributed by atoms with Crippen molar-refractivity contribution in [2.75, 3.05) is 0 Å². The molecule has 0 bridgehead atoms. The van der Waals surface area contributed by atoms with Crippen molar-refractivity contribution in [2.45, 2.75) is 38.8 Å². The molecule has 3 aromatic heterocycles. The van der Waals surface area contributed by atoms with Crippen molar-refractivity contribution in [2.24, 2.45) is 0 Å². The van der Waals surface area contributed by atoms with Gasteiger partial charge >= 0.3 is 0 Å². The quantitative estimate of drug-likeness (QED) is 0.207. The zero-order valence-corrected chi connectivity index (χ0v) is 20.3. The second kappa shape index (κ2) is 10.2. The summed E-state index contributed by atoms with van der Waals surface area (Å²) in [5, 5.41) is 7.53. The van der Waals surface area contributed by atoms with Gasteiger partial charge in [0.05, 0.1) is 0 Å². The highest BCUT2D eigenvalue weighted by atomic mass is 15.3. The van der Waals surface area contributed by atoms with E-state index < -0.39 is 0 Å². The molecule has 0 amide bonds. The summed E-state index contributed by atoms with van der Waals surface area (Å²) in [5.74, 6) is 1.59. The number of unbranched alkanes of at least 4 members (excludes halogenated alkanes) is 3. The highest BCUT2D eigenvalue weighted by Crippen LogP contribution is 2.29. The molecule has 0 atom stereocenters. The van der Waals surface area contributed by atoms with Crippen molar-refractivity contribution >= 4 is 21.8 Å². The highest BCUT2D eigenvalue weighted by Gasteiger charge is 2.14. The van der Waals surface area contributed by atoms with Crippen molar-refractivity contribution in [3.63, 3.8) is 0 Å². The van der Waals surface area contributed by atoms with E-state index in [1.165, 1.54) is 28.2 Å². The van der Waals surface area contributed by atoms with Crippen LogP contribution in [-0.2, 0) is 13.1 Å². The monoisotopic (exact) mass is 471 g/mol. The van der Waals surface area contributed by atoms with Gasteiger partial charge in [-0.25, -0.2) is 9.67 Å². The summed E-state index contributed by atoms with van der Waals surface area (Å²) in [6, 6.07) is 33.6. The Morgan fingerprint density at radius 2 is 1.22 bits per heavy atom. The van der Waals surface area contributed by atoms with E-state index in [1.54, 1.807) is 0 Å². The molecule has 0 aliphatic heterocycles. The molecule has 178 valence electrons. The molecule has 0 aliphatic carbocycles. The topological polar surface area (TPSA) is 48.5 Å². The molecule has 0 aliphatic rings. The maximum Gasteiger partial charge on any atom is 0.181 e. The van der Waals surface area contributed by atoms with Crippen LogP contribution in [0.15, 0.2) is 103 Å². The van der Waals surface area contributed by atoms with E-state index in [9.17, 15) is 0 Å². The Morgan fingerprint density at radius 3 is 1.92 bits per heavy atom. The van der Waals surface area contributed by atoms with Crippen LogP contribution in [0.25, 0.3) is 44.7 Å². The normalized spacial score (nSPS) is 11.4. The molecular formula is C31H29N5. The molecule has 0 saturated heterocycles. The van der Waals surface area contributed by atoms with Crippen LogP contribution in [0.5, 0.6) is 0 Å². The van der Waals surface area contributed by atoms with Gasteiger partial charge in [0.2, 0.25) is 0 Å². The van der Waals surface area contributed by atoms with Crippen molar-refractivity contribution in [3.8, 4) is 22.9 Å². The second-order valence-corrected chi connectivity index (χ2v) is 9.16. The zero-order valence-electron chi connectivity index (χ0n) is 20.3. The molecule has 5 heteroatoms. The number of pyridine rings is 1. The summed E-state index contributed by atoms with van der Waals surface area (Å²) in [6.45, 7) is 1.87. The Bertz CT molecular complexity index is 1530. The third-order valence-corrected chi connectivity index (χ3v) is 6.78. The van der Waals surface area contributed by atoms with Crippen LogP contribution in [0.3, 0.4) is 0 Å². The maximum absolute atomic E-state index is 4.85. The maximum atomic E-state index is 4.85. The fourth-order valence-electron chi connectivity index (χ4n) is 5.02. The minimum Gasteiger partial charge on any atom is -0.340 e. The first-order valence-electron chi connectivity index (χ1n) is 12.8. The Balaban J connectivity index is 1.12. The lowest BCUT2D eigenvalue weighted by Crippen LogP contribution is -2.04. The molecule has 0 unspecified atom stereocenters. The van der Waals surface area contributed by atoms with Crippen LogP contribution in [-0.4, -0.2) is 24.3 Å². The van der Waals surface area contributed by atoms with E-state index >= 15 is 0 Å². The molecule has 0 N–H and O–H groups in total. The third kappa shape index (κ3) is 4.40. The number of hydrogen-bond donors (Lipinski definition) is 0. The lowest BCUT2D eigenvalue weighted by Gasteiger charge is -2.08. The average molecular weight is 472 g/mol. The summed E-state index contributed by atoms with van der Waals surface area (Å²) in [7, 11) is 0. The van der Waals surface area contributed by atoms with Crippen molar-refractivity contribution < 1.29 is 0 Å². The SMILES string of the molecule is c1ccc(-c2nc(-c3ccccn3)n(CCCCCCn3c4ccccc4c4ccccc43)n2)cc1. The highest BCUT2D eigenvalue weighted by molar-refractivity contribution is 6.07. The Hall–Kier alpha value is -4.25. The zero-order chi connectivity index (χ0) is 24.2. The van der Waals surface area contributed by atoms with Gasteiger partial charge in [-0.1, -0.05) is 85.6 Å². The van der Waals surface area contributed by atoms with E-state index in [0.29, 0.717) is 0 Å². The summed E-state index contributed by atoms with van der Waals surface area (Å²) in [6.07, 6.45) is 6.36. The number of aromatic nitrogens is 5. The van der Waals surface area contributed by atoms with Gasteiger partial charge in [0.1, 0.15) is 5.69 Å². The van der Waals surface area contributed by atoms with E-state index in [4.69, 9.17) is 10.1 Å². The fraction of sp³-hybridized carbons (Fsp3) is 0.194. The smallest absolute Gasteiger partial charge is 0.181 e. The molecule has 0 fully saturated rings. The van der Waals surface area contributed by atoms with Crippen molar-refractivity contribution in [1.29, 1.82) is 0 Å². The van der Waals surface area contributed by atoms with E-state index in [1.807, 2.05) is 47.3 Å². The first-order chi connectivity index (χ1) is 17.9.